The molecule has 10 heteroatoms. The van der Waals surface area contributed by atoms with Gasteiger partial charge in [0.2, 0.25) is 10.0 Å². The summed E-state index contributed by atoms with van der Waals surface area (Å²) in [5, 5.41) is 11.5. The highest BCUT2D eigenvalue weighted by Crippen LogP contribution is 2.23. The van der Waals surface area contributed by atoms with Crippen LogP contribution < -0.4 is 10.0 Å². The number of amides is 1. The van der Waals surface area contributed by atoms with Crippen molar-refractivity contribution in [3.05, 3.63) is 94.7 Å². The maximum atomic E-state index is 13.3. The highest BCUT2D eigenvalue weighted by atomic mass is 32.2. The Balaban J connectivity index is 1.38. The van der Waals surface area contributed by atoms with Crippen LogP contribution >= 0.6 is 11.3 Å². The molecule has 0 fully saturated rings. The van der Waals surface area contributed by atoms with Gasteiger partial charge in [0.1, 0.15) is 5.82 Å². The Hall–Kier alpha value is -3.34. The van der Waals surface area contributed by atoms with E-state index in [0.717, 1.165) is 10.6 Å². The van der Waals surface area contributed by atoms with Gasteiger partial charge in [0.25, 0.3) is 5.91 Å². The van der Waals surface area contributed by atoms with Gasteiger partial charge in [-0.05, 0) is 52.9 Å². The highest BCUT2D eigenvalue weighted by Gasteiger charge is 2.16. The van der Waals surface area contributed by atoms with E-state index < -0.39 is 15.8 Å². The van der Waals surface area contributed by atoms with Crippen molar-refractivity contribution in [2.24, 2.45) is 0 Å². The molecule has 0 radical (unpaired) electrons. The molecular formula is C22H19FN4O3S2. The van der Waals surface area contributed by atoms with Gasteiger partial charge in [0, 0.05) is 13.1 Å². The van der Waals surface area contributed by atoms with Crippen LogP contribution in [0.3, 0.4) is 0 Å². The van der Waals surface area contributed by atoms with Crippen LogP contribution in [0.5, 0.6) is 0 Å². The number of hydrogen-bond donors (Lipinski definition) is 3. The van der Waals surface area contributed by atoms with Gasteiger partial charge >= 0.3 is 0 Å². The van der Waals surface area contributed by atoms with Crippen LogP contribution in [0.25, 0.3) is 10.6 Å². The molecule has 7 nitrogen and oxygen atoms in total. The van der Waals surface area contributed by atoms with E-state index in [0.29, 0.717) is 11.1 Å². The summed E-state index contributed by atoms with van der Waals surface area (Å²) in [7, 11) is -3.81. The minimum atomic E-state index is -3.81. The second-order valence-corrected chi connectivity index (χ2v) is 9.64. The van der Waals surface area contributed by atoms with E-state index in [-0.39, 0.29) is 29.6 Å². The van der Waals surface area contributed by atoms with Gasteiger partial charge in [-0.1, -0.05) is 30.3 Å². The van der Waals surface area contributed by atoms with Gasteiger partial charge in [-0.3, -0.25) is 9.89 Å². The Labute approximate surface area is 188 Å². The van der Waals surface area contributed by atoms with E-state index in [1.165, 1.54) is 41.7 Å². The van der Waals surface area contributed by atoms with Crippen molar-refractivity contribution in [2.45, 2.75) is 18.0 Å². The Kier molecular flexibility index (Phi) is 6.45. The smallest absolute Gasteiger partial charge is 0.272 e. The van der Waals surface area contributed by atoms with Crippen molar-refractivity contribution in [1.82, 2.24) is 20.2 Å². The lowest BCUT2D eigenvalue weighted by molar-refractivity contribution is 0.0946. The molecule has 0 aliphatic heterocycles. The Morgan fingerprint density at radius 1 is 1.00 bits per heavy atom. The second-order valence-electron chi connectivity index (χ2n) is 6.93. The summed E-state index contributed by atoms with van der Waals surface area (Å²) in [6.45, 7) is 0.0973. The van der Waals surface area contributed by atoms with E-state index in [1.807, 2.05) is 17.5 Å². The number of carbonyl (C=O) groups excluding carboxylic acids is 1. The first kappa shape index (κ1) is 21.9. The third-order valence-electron chi connectivity index (χ3n) is 4.61. The molecule has 3 N–H and O–H groups in total. The monoisotopic (exact) mass is 470 g/mol. The number of halogens is 1. The second kappa shape index (κ2) is 9.43. The molecule has 0 aliphatic carbocycles. The molecule has 1 amide bonds. The van der Waals surface area contributed by atoms with Gasteiger partial charge in [-0.2, -0.15) is 5.10 Å². The molecular weight excluding hydrogens is 451 g/mol. The highest BCUT2D eigenvalue weighted by molar-refractivity contribution is 7.89. The first-order valence-corrected chi connectivity index (χ1v) is 12.0. The van der Waals surface area contributed by atoms with Crippen LogP contribution in [-0.4, -0.2) is 24.5 Å². The quantitative estimate of drug-likeness (QED) is 0.365. The number of hydrogen-bond acceptors (Lipinski definition) is 5. The number of carbonyl (C=O) groups is 1. The molecule has 0 atom stereocenters. The predicted molar refractivity (Wildman–Crippen MR) is 120 cm³/mol. The first-order chi connectivity index (χ1) is 15.4. The van der Waals surface area contributed by atoms with E-state index in [1.54, 1.807) is 24.3 Å². The summed E-state index contributed by atoms with van der Waals surface area (Å²) in [5.41, 5.74) is 2.12. The maximum Gasteiger partial charge on any atom is 0.272 e. The average molecular weight is 471 g/mol. The summed E-state index contributed by atoms with van der Waals surface area (Å²) in [6, 6.07) is 17.5. The molecule has 4 rings (SSSR count). The normalized spacial score (nSPS) is 11.4. The molecule has 0 saturated heterocycles. The summed E-state index contributed by atoms with van der Waals surface area (Å²) in [6.07, 6.45) is 0. The molecule has 0 spiro atoms. The van der Waals surface area contributed by atoms with Gasteiger partial charge in [0.05, 0.1) is 15.5 Å². The molecule has 2 aromatic carbocycles. The zero-order valence-corrected chi connectivity index (χ0v) is 18.3. The van der Waals surface area contributed by atoms with Gasteiger partial charge in [0.15, 0.2) is 5.69 Å². The zero-order valence-electron chi connectivity index (χ0n) is 16.7. The van der Waals surface area contributed by atoms with E-state index in [4.69, 9.17) is 0 Å². The topological polar surface area (TPSA) is 104 Å². The largest absolute Gasteiger partial charge is 0.347 e. The maximum absolute atomic E-state index is 13.3. The van der Waals surface area contributed by atoms with E-state index in [9.17, 15) is 17.6 Å². The van der Waals surface area contributed by atoms with Crippen LogP contribution in [-0.2, 0) is 23.1 Å². The Morgan fingerprint density at radius 2 is 1.78 bits per heavy atom. The lowest BCUT2D eigenvalue weighted by Gasteiger charge is -2.09. The lowest BCUT2D eigenvalue weighted by Crippen LogP contribution is -2.25. The molecule has 2 aromatic heterocycles. The lowest BCUT2D eigenvalue weighted by atomic mass is 10.2. The molecule has 0 bridgehead atoms. The molecule has 0 unspecified atom stereocenters. The zero-order chi connectivity index (χ0) is 22.6. The minimum Gasteiger partial charge on any atom is -0.347 e. The van der Waals surface area contributed by atoms with Crippen molar-refractivity contribution in [3.63, 3.8) is 0 Å². The van der Waals surface area contributed by atoms with Gasteiger partial charge in [-0.15, -0.1) is 11.3 Å². The number of sulfonamides is 1. The molecule has 164 valence electrons. The van der Waals surface area contributed by atoms with Gasteiger partial charge in [-0.25, -0.2) is 17.5 Å². The fourth-order valence-electron chi connectivity index (χ4n) is 3.00. The third kappa shape index (κ3) is 5.28. The fraction of sp³-hybridized carbons (Fsp3) is 0.0909. The number of benzene rings is 2. The number of nitrogens with one attached hydrogen (secondary N) is 3. The fourth-order valence-corrected chi connectivity index (χ4v) is 4.78. The minimum absolute atomic E-state index is 0.0349. The average Bonchev–Trinajstić information content (AvgIpc) is 3.48. The van der Waals surface area contributed by atoms with Crippen LogP contribution in [0.2, 0.25) is 0 Å². The first-order valence-electron chi connectivity index (χ1n) is 9.61. The summed E-state index contributed by atoms with van der Waals surface area (Å²) < 4.78 is 41.0. The Bertz CT molecular complexity index is 1330. The summed E-state index contributed by atoms with van der Waals surface area (Å²) >= 11 is 1.53. The SMILES string of the molecule is O=C(NCc1cccc(S(=O)(=O)NCc2cccc(F)c2)c1)c1cc(-c2cccs2)[nH]n1. The van der Waals surface area contributed by atoms with Crippen molar-refractivity contribution in [3.8, 4) is 10.6 Å². The molecule has 4 aromatic rings. The van der Waals surface area contributed by atoms with Crippen molar-refractivity contribution >= 4 is 27.3 Å². The number of aromatic amines is 1. The van der Waals surface area contributed by atoms with Crippen molar-refractivity contribution < 1.29 is 17.6 Å². The summed E-state index contributed by atoms with van der Waals surface area (Å²) in [4.78, 5) is 13.4. The third-order valence-corrected chi connectivity index (χ3v) is 6.92. The van der Waals surface area contributed by atoms with Crippen LogP contribution in [0, 0.1) is 5.82 Å². The standard InChI is InChI=1S/C22H19FN4O3S2/c23-17-6-1-4-15(10-17)14-25-32(29,30)18-7-2-5-16(11-18)13-24-22(28)20-12-19(26-27-20)21-8-3-9-31-21/h1-12,25H,13-14H2,(H,24,28)(H,26,27). The van der Waals surface area contributed by atoms with Crippen LogP contribution in [0.4, 0.5) is 4.39 Å². The van der Waals surface area contributed by atoms with E-state index >= 15 is 0 Å². The van der Waals surface area contributed by atoms with Crippen molar-refractivity contribution in [2.75, 3.05) is 0 Å². The number of thiophene rings is 1. The predicted octanol–water partition coefficient (Wildman–Crippen LogP) is 3.69. The number of nitrogens with zero attached hydrogens (tertiary/aromatic N) is 1. The number of rotatable bonds is 8. The van der Waals surface area contributed by atoms with Crippen molar-refractivity contribution in [1.29, 1.82) is 0 Å². The van der Waals surface area contributed by atoms with Gasteiger partial charge < -0.3 is 5.32 Å². The molecule has 0 aliphatic rings. The number of H-pyrrole nitrogens is 1. The molecule has 32 heavy (non-hydrogen) atoms. The van der Waals surface area contributed by atoms with E-state index in [2.05, 4.69) is 20.2 Å². The molecule has 2 heterocycles. The number of aromatic nitrogens is 2. The Morgan fingerprint density at radius 3 is 2.53 bits per heavy atom. The van der Waals surface area contributed by atoms with Crippen LogP contribution in [0.15, 0.2) is 77.0 Å². The molecule has 0 saturated carbocycles. The summed E-state index contributed by atoms with van der Waals surface area (Å²) in [5.74, 6) is -0.805. The van der Waals surface area contributed by atoms with Crippen LogP contribution in [0.1, 0.15) is 21.6 Å².